The predicted molar refractivity (Wildman–Crippen MR) is 90.0 cm³/mol. The van der Waals surface area contributed by atoms with Crippen LogP contribution in [0.1, 0.15) is 19.7 Å². The van der Waals surface area contributed by atoms with Crippen LogP contribution < -0.4 is 10.2 Å². The normalized spacial score (nSPS) is 16.3. The lowest BCUT2D eigenvalue weighted by atomic mass is 10.4. The molecule has 0 aromatic carbocycles. The summed E-state index contributed by atoms with van der Waals surface area (Å²) in [4.78, 5) is 39.8. The molecule has 2 amide bonds. The number of anilines is 1. The SMILES string of the molecule is CCN(CC)CCN(C)c1ncnc(/C=C2\SC(=O)NC2=O)n1. The molecule has 0 atom stereocenters. The van der Waals surface area contributed by atoms with E-state index in [1.807, 2.05) is 11.9 Å². The van der Waals surface area contributed by atoms with Crippen LogP contribution in [0.5, 0.6) is 0 Å². The standard InChI is InChI=1S/C14H20N6O2S/c1-4-20(5-2)7-6-19(3)13-16-9-15-11(17-13)8-10-12(21)18-14(22)23-10/h8-9H,4-7H2,1-3H3,(H,18,21,22)/b10-8-. The minimum Gasteiger partial charge on any atom is -0.342 e. The number of hydrogen-bond acceptors (Lipinski definition) is 8. The van der Waals surface area contributed by atoms with Crippen molar-refractivity contribution >= 4 is 34.9 Å². The summed E-state index contributed by atoms with van der Waals surface area (Å²) in [6.45, 7) is 7.96. The second-order valence-corrected chi connectivity index (χ2v) is 5.96. The first kappa shape index (κ1) is 17.4. The summed E-state index contributed by atoms with van der Waals surface area (Å²) in [7, 11) is 1.91. The molecule has 1 saturated heterocycles. The third-order valence-electron chi connectivity index (χ3n) is 3.47. The van der Waals surface area contributed by atoms with Gasteiger partial charge in [0.15, 0.2) is 5.82 Å². The van der Waals surface area contributed by atoms with E-state index in [9.17, 15) is 9.59 Å². The Labute approximate surface area is 139 Å². The Hall–Kier alpha value is -2.00. The van der Waals surface area contributed by atoms with Crippen molar-refractivity contribution in [2.45, 2.75) is 13.8 Å². The molecule has 23 heavy (non-hydrogen) atoms. The van der Waals surface area contributed by atoms with Crippen LogP contribution in [0.3, 0.4) is 0 Å². The Bertz CT molecular complexity index is 617. The van der Waals surface area contributed by atoms with Gasteiger partial charge < -0.3 is 9.80 Å². The molecule has 1 fully saturated rings. The second kappa shape index (κ2) is 8.02. The molecule has 8 nitrogen and oxygen atoms in total. The number of imide groups is 1. The fraction of sp³-hybridized carbons (Fsp3) is 0.500. The average molecular weight is 336 g/mol. The molecule has 0 unspecified atom stereocenters. The van der Waals surface area contributed by atoms with Gasteiger partial charge in [-0.15, -0.1) is 0 Å². The van der Waals surface area contributed by atoms with E-state index >= 15 is 0 Å². The highest BCUT2D eigenvalue weighted by Crippen LogP contribution is 2.24. The van der Waals surface area contributed by atoms with E-state index in [1.54, 1.807) is 0 Å². The maximum Gasteiger partial charge on any atom is 0.290 e. The van der Waals surface area contributed by atoms with Gasteiger partial charge in [0, 0.05) is 26.2 Å². The van der Waals surface area contributed by atoms with Crippen LogP contribution in [0, 0.1) is 0 Å². The number of rotatable bonds is 7. The minimum atomic E-state index is -0.420. The van der Waals surface area contributed by atoms with Crippen molar-refractivity contribution in [1.82, 2.24) is 25.2 Å². The van der Waals surface area contributed by atoms with Crippen LogP contribution in [0.2, 0.25) is 0 Å². The Morgan fingerprint density at radius 1 is 1.22 bits per heavy atom. The molecule has 0 spiro atoms. The van der Waals surface area contributed by atoms with Crippen molar-refractivity contribution < 1.29 is 9.59 Å². The highest BCUT2D eigenvalue weighted by atomic mass is 32.2. The summed E-state index contributed by atoms with van der Waals surface area (Å²) in [5.74, 6) is 0.475. The summed E-state index contributed by atoms with van der Waals surface area (Å²) < 4.78 is 0. The highest BCUT2D eigenvalue weighted by molar-refractivity contribution is 8.18. The number of aromatic nitrogens is 3. The number of likely N-dealkylation sites (N-methyl/N-ethyl adjacent to an activating group) is 2. The molecule has 2 rings (SSSR count). The maximum absolute atomic E-state index is 11.5. The summed E-state index contributed by atoms with van der Waals surface area (Å²) in [5, 5.41) is 1.82. The first-order valence-electron chi connectivity index (χ1n) is 7.40. The number of thioether (sulfide) groups is 1. The molecule has 2 heterocycles. The van der Waals surface area contributed by atoms with Crippen LogP contribution in [0.25, 0.3) is 6.08 Å². The zero-order chi connectivity index (χ0) is 16.8. The lowest BCUT2D eigenvalue weighted by molar-refractivity contribution is -0.115. The van der Waals surface area contributed by atoms with Gasteiger partial charge in [0.2, 0.25) is 5.95 Å². The van der Waals surface area contributed by atoms with E-state index in [4.69, 9.17) is 0 Å². The lowest BCUT2D eigenvalue weighted by Gasteiger charge is -2.23. The number of nitrogens with zero attached hydrogens (tertiary/aromatic N) is 5. The van der Waals surface area contributed by atoms with Gasteiger partial charge in [0.05, 0.1) is 4.91 Å². The van der Waals surface area contributed by atoms with Gasteiger partial charge in [-0.05, 0) is 24.9 Å². The van der Waals surface area contributed by atoms with Gasteiger partial charge >= 0.3 is 0 Å². The van der Waals surface area contributed by atoms with Crippen molar-refractivity contribution in [2.24, 2.45) is 0 Å². The molecule has 0 radical (unpaired) electrons. The van der Waals surface area contributed by atoms with Crippen LogP contribution >= 0.6 is 11.8 Å². The van der Waals surface area contributed by atoms with E-state index in [0.717, 1.165) is 37.9 Å². The van der Waals surface area contributed by atoms with Crippen LogP contribution in [0.15, 0.2) is 11.2 Å². The Morgan fingerprint density at radius 2 is 1.96 bits per heavy atom. The molecule has 0 saturated carbocycles. The van der Waals surface area contributed by atoms with Crippen LogP contribution in [0.4, 0.5) is 10.7 Å². The molecular weight excluding hydrogens is 316 g/mol. The molecule has 124 valence electrons. The fourth-order valence-electron chi connectivity index (χ4n) is 2.02. The minimum absolute atomic E-state index is 0.290. The van der Waals surface area contributed by atoms with Gasteiger partial charge in [-0.1, -0.05) is 13.8 Å². The van der Waals surface area contributed by atoms with E-state index < -0.39 is 5.91 Å². The van der Waals surface area contributed by atoms with Gasteiger partial charge in [0.1, 0.15) is 6.33 Å². The topological polar surface area (TPSA) is 91.3 Å². The molecule has 0 aliphatic carbocycles. The van der Waals surface area contributed by atoms with Crippen molar-refractivity contribution in [2.75, 3.05) is 38.1 Å². The van der Waals surface area contributed by atoms with Crippen molar-refractivity contribution in [3.05, 3.63) is 17.1 Å². The third kappa shape index (κ3) is 4.73. The number of carbonyl (C=O) groups is 2. The molecule has 1 aliphatic heterocycles. The predicted octanol–water partition coefficient (Wildman–Crippen LogP) is 0.973. The molecule has 9 heteroatoms. The van der Waals surface area contributed by atoms with E-state index in [1.165, 1.54) is 12.4 Å². The Balaban J connectivity index is 2.06. The molecular formula is C14H20N6O2S. The number of hydrogen-bond donors (Lipinski definition) is 1. The van der Waals surface area contributed by atoms with Gasteiger partial charge in [0.25, 0.3) is 11.1 Å². The quantitative estimate of drug-likeness (QED) is 0.737. The largest absolute Gasteiger partial charge is 0.342 e. The van der Waals surface area contributed by atoms with E-state index in [-0.39, 0.29) is 10.1 Å². The number of amides is 2. The maximum atomic E-state index is 11.5. The fourth-order valence-corrected chi connectivity index (χ4v) is 2.67. The molecule has 1 aromatic heterocycles. The lowest BCUT2D eigenvalue weighted by Crippen LogP contribution is -2.33. The second-order valence-electron chi connectivity index (χ2n) is 4.94. The number of carbonyl (C=O) groups excluding carboxylic acids is 2. The van der Waals surface area contributed by atoms with Crippen LogP contribution in [-0.2, 0) is 4.79 Å². The smallest absolute Gasteiger partial charge is 0.290 e. The zero-order valence-corrected chi connectivity index (χ0v) is 14.3. The average Bonchev–Trinajstić information content (AvgIpc) is 2.86. The Kier molecular flexibility index (Phi) is 6.05. The van der Waals surface area contributed by atoms with E-state index in [2.05, 4.69) is 39.0 Å². The van der Waals surface area contributed by atoms with Gasteiger partial charge in [-0.3, -0.25) is 14.9 Å². The summed E-state index contributed by atoms with van der Waals surface area (Å²) in [5.41, 5.74) is 0. The van der Waals surface area contributed by atoms with Crippen molar-refractivity contribution in [1.29, 1.82) is 0 Å². The monoisotopic (exact) mass is 336 g/mol. The molecule has 1 aromatic rings. The van der Waals surface area contributed by atoms with Gasteiger partial charge in [-0.2, -0.15) is 4.98 Å². The summed E-state index contributed by atoms with van der Waals surface area (Å²) in [6.07, 6.45) is 2.90. The first-order valence-corrected chi connectivity index (χ1v) is 8.22. The zero-order valence-electron chi connectivity index (χ0n) is 13.4. The molecule has 1 aliphatic rings. The van der Waals surface area contributed by atoms with Crippen molar-refractivity contribution in [3.8, 4) is 0 Å². The number of nitrogens with one attached hydrogen (secondary N) is 1. The molecule has 0 bridgehead atoms. The molecule has 1 N–H and O–H groups in total. The summed E-state index contributed by atoms with van der Waals surface area (Å²) in [6, 6.07) is 0. The third-order valence-corrected chi connectivity index (χ3v) is 4.28. The Morgan fingerprint density at radius 3 is 2.57 bits per heavy atom. The van der Waals surface area contributed by atoms with Crippen molar-refractivity contribution in [3.63, 3.8) is 0 Å². The van der Waals surface area contributed by atoms with Gasteiger partial charge in [-0.25, -0.2) is 9.97 Å². The van der Waals surface area contributed by atoms with Crippen LogP contribution in [-0.4, -0.2) is 64.2 Å². The van der Waals surface area contributed by atoms with E-state index in [0.29, 0.717) is 11.8 Å². The summed E-state index contributed by atoms with van der Waals surface area (Å²) >= 11 is 0.844. The highest BCUT2D eigenvalue weighted by Gasteiger charge is 2.25. The first-order chi connectivity index (χ1) is 11.0.